The van der Waals surface area contributed by atoms with E-state index in [0.717, 1.165) is 25.3 Å². The Bertz CT molecular complexity index is 284. The minimum Gasteiger partial charge on any atom is -0.393 e. The topological polar surface area (TPSA) is 46.3 Å². The van der Waals surface area contributed by atoms with Crippen LogP contribution in [0.25, 0.3) is 0 Å². The predicted molar refractivity (Wildman–Crippen MR) is 63.4 cm³/mol. The lowest BCUT2D eigenvalue weighted by Crippen LogP contribution is -2.42. The Hall–Kier alpha value is -0.640. The summed E-state index contributed by atoms with van der Waals surface area (Å²) in [6.45, 7) is 2.74. The second-order valence-corrected chi connectivity index (χ2v) is 5.26. The van der Waals surface area contributed by atoms with Gasteiger partial charge < -0.3 is 10.6 Å². The smallest absolute Gasteiger partial charge is 0.232 e. The standard InChI is InChI=1S/C11H18N2OS/c1-7(10(12)15)11(14)13(9-4-5-9)6-8-2-3-8/h7-9H,2-6H2,1H3,(H2,12,15). The van der Waals surface area contributed by atoms with Crippen LogP contribution in [0, 0.1) is 11.8 Å². The van der Waals surface area contributed by atoms with Gasteiger partial charge in [0, 0.05) is 12.6 Å². The van der Waals surface area contributed by atoms with Gasteiger partial charge in [-0.25, -0.2) is 0 Å². The van der Waals surface area contributed by atoms with Crippen molar-refractivity contribution in [1.29, 1.82) is 0 Å². The molecule has 0 bridgehead atoms. The molecule has 4 heteroatoms. The SMILES string of the molecule is CC(C(=O)N(CC1CC1)C1CC1)C(N)=S. The monoisotopic (exact) mass is 226 g/mol. The van der Waals surface area contributed by atoms with E-state index in [1.165, 1.54) is 12.8 Å². The zero-order valence-corrected chi connectivity index (χ0v) is 9.93. The van der Waals surface area contributed by atoms with Crippen molar-refractivity contribution in [1.82, 2.24) is 4.90 Å². The van der Waals surface area contributed by atoms with E-state index in [-0.39, 0.29) is 11.8 Å². The van der Waals surface area contributed by atoms with Crippen molar-refractivity contribution in [3.63, 3.8) is 0 Å². The van der Waals surface area contributed by atoms with Crippen molar-refractivity contribution in [2.24, 2.45) is 17.6 Å². The van der Waals surface area contributed by atoms with Crippen LogP contribution in [0.4, 0.5) is 0 Å². The Morgan fingerprint density at radius 2 is 2.07 bits per heavy atom. The van der Waals surface area contributed by atoms with Crippen LogP contribution in [0.3, 0.4) is 0 Å². The van der Waals surface area contributed by atoms with E-state index in [0.29, 0.717) is 11.0 Å². The maximum absolute atomic E-state index is 12.1. The first-order valence-corrected chi connectivity index (χ1v) is 6.10. The van der Waals surface area contributed by atoms with Crippen LogP contribution in [0.2, 0.25) is 0 Å². The average Bonchev–Trinajstić information content (AvgIpc) is 3.00. The van der Waals surface area contributed by atoms with E-state index in [1.807, 2.05) is 11.8 Å². The van der Waals surface area contributed by atoms with Gasteiger partial charge in [0.05, 0.1) is 10.9 Å². The van der Waals surface area contributed by atoms with E-state index in [1.54, 1.807) is 0 Å². The Labute approximate surface area is 96.0 Å². The highest BCUT2D eigenvalue weighted by Crippen LogP contribution is 2.35. The number of hydrogen-bond donors (Lipinski definition) is 1. The van der Waals surface area contributed by atoms with Crippen molar-refractivity contribution in [2.75, 3.05) is 6.54 Å². The molecule has 2 rings (SSSR count). The molecule has 2 aliphatic rings. The molecule has 0 aliphatic heterocycles. The van der Waals surface area contributed by atoms with Gasteiger partial charge in [-0.2, -0.15) is 0 Å². The molecule has 84 valence electrons. The summed E-state index contributed by atoms with van der Waals surface area (Å²) in [5, 5.41) is 0. The van der Waals surface area contributed by atoms with Crippen LogP contribution in [0.5, 0.6) is 0 Å². The van der Waals surface area contributed by atoms with E-state index in [4.69, 9.17) is 18.0 Å². The normalized spacial score (nSPS) is 22.2. The number of rotatable bonds is 5. The summed E-state index contributed by atoms with van der Waals surface area (Å²) >= 11 is 4.88. The molecule has 1 unspecified atom stereocenters. The highest BCUT2D eigenvalue weighted by Gasteiger charge is 2.38. The number of nitrogens with two attached hydrogens (primary N) is 1. The largest absolute Gasteiger partial charge is 0.393 e. The molecule has 1 amide bonds. The van der Waals surface area contributed by atoms with Gasteiger partial charge in [-0.05, 0) is 38.5 Å². The molecule has 2 aliphatic carbocycles. The fraction of sp³-hybridized carbons (Fsp3) is 0.818. The molecule has 1 atom stereocenters. The molecule has 0 radical (unpaired) electrons. The lowest BCUT2D eigenvalue weighted by atomic mass is 10.1. The van der Waals surface area contributed by atoms with Crippen molar-refractivity contribution in [3.8, 4) is 0 Å². The molecule has 0 heterocycles. The fourth-order valence-electron chi connectivity index (χ4n) is 1.75. The molecule has 15 heavy (non-hydrogen) atoms. The number of thiocarbonyl (C=S) groups is 1. The minimum absolute atomic E-state index is 0.136. The van der Waals surface area contributed by atoms with Crippen LogP contribution in [0.1, 0.15) is 32.6 Å². The molecule has 3 nitrogen and oxygen atoms in total. The van der Waals surface area contributed by atoms with E-state index >= 15 is 0 Å². The van der Waals surface area contributed by atoms with Crippen LogP contribution in [-0.4, -0.2) is 28.4 Å². The Morgan fingerprint density at radius 3 is 2.47 bits per heavy atom. The molecule has 2 N–H and O–H groups in total. The van der Waals surface area contributed by atoms with E-state index < -0.39 is 0 Å². The first kappa shape index (κ1) is 10.9. The van der Waals surface area contributed by atoms with Gasteiger partial charge in [0.1, 0.15) is 0 Å². The minimum atomic E-state index is -0.292. The third-order valence-corrected chi connectivity index (χ3v) is 3.57. The van der Waals surface area contributed by atoms with Gasteiger partial charge in [0.25, 0.3) is 0 Å². The first-order chi connectivity index (χ1) is 7.09. The van der Waals surface area contributed by atoms with Crippen LogP contribution >= 0.6 is 12.2 Å². The summed E-state index contributed by atoms with van der Waals surface area (Å²) in [4.78, 5) is 14.4. The zero-order chi connectivity index (χ0) is 11.0. The summed E-state index contributed by atoms with van der Waals surface area (Å²) in [7, 11) is 0. The molecule has 0 spiro atoms. The summed E-state index contributed by atoms with van der Waals surface area (Å²) in [5.74, 6) is 0.587. The molecule has 0 aromatic carbocycles. The molecule has 0 aromatic rings. The molecule has 0 saturated heterocycles. The number of nitrogens with zero attached hydrogens (tertiary/aromatic N) is 1. The number of carbonyl (C=O) groups is 1. The third kappa shape index (κ3) is 2.68. The zero-order valence-electron chi connectivity index (χ0n) is 9.11. The van der Waals surface area contributed by atoms with Crippen molar-refractivity contribution in [3.05, 3.63) is 0 Å². The second-order valence-electron chi connectivity index (χ2n) is 4.79. The quantitative estimate of drug-likeness (QED) is 0.719. The van der Waals surface area contributed by atoms with Crippen LogP contribution < -0.4 is 5.73 Å². The first-order valence-electron chi connectivity index (χ1n) is 5.69. The van der Waals surface area contributed by atoms with Crippen molar-refractivity contribution < 1.29 is 4.79 Å². The van der Waals surface area contributed by atoms with Crippen molar-refractivity contribution >= 4 is 23.1 Å². The maximum Gasteiger partial charge on any atom is 0.232 e. The summed E-state index contributed by atoms with van der Waals surface area (Å²) in [6, 6.07) is 0.481. The lowest BCUT2D eigenvalue weighted by molar-refractivity contribution is -0.133. The van der Waals surface area contributed by atoms with E-state index in [9.17, 15) is 4.79 Å². The van der Waals surface area contributed by atoms with Crippen LogP contribution in [0.15, 0.2) is 0 Å². The number of hydrogen-bond acceptors (Lipinski definition) is 2. The number of carbonyl (C=O) groups excluding carboxylic acids is 1. The molecule has 2 saturated carbocycles. The van der Waals surface area contributed by atoms with E-state index in [2.05, 4.69) is 0 Å². The van der Waals surface area contributed by atoms with Gasteiger partial charge in [-0.15, -0.1) is 0 Å². The van der Waals surface area contributed by atoms with Gasteiger partial charge >= 0.3 is 0 Å². The summed E-state index contributed by atoms with van der Waals surface area (Å²) < 4.78 is 0. The van der Waals surface area contributed by atoms with Gasteiger partial charge in [0.2, 0.25) is 5.91 Å². The highest BCUT2D eigenvalue weighted by atomic mass is 32.1. The lowest BCUT2D eigenvalue weighted by Gasteiger charge is -2.25. The average molecular weight is 226 g/mol. The number of amides is 1. The molecule has 0 aromatic heterocycles. The maximum atomic E-state index is 12.1. The molecule has 2 fully saturated rings. The van der Waals surface area contributed by atoms with Crippen molar-refractivity contribution in [2.45, 2.75) is 38.6 Å². The summed E-state index contributed by atoms with van der Waals surface area (Å²) in [6.07, 6.45) is 4.86. The fourth-order valence-corrected chi connectivity index (χ4v) is 1.86. The van der Waals surface area contributed by atoms with Gasteiger partial charge in [0.15, 0.2) is 0 Å². The Balaban J connectivity index is 1.96. The highest BCUT2D eigenvalue weighted by molar-refractivity contribution is 7.80. The molecular formula is C11H18N2OS. The van der Waals surface area contributed by atoms with Gasteiger partial charge in [-0.3, -0.25) is 4.79 Å². The molecular weight excluding hydrogens is 208 g/mol. The Kier molecular flexibility index (Phi) is 2.96. The third-order valence-electron chi connectivity index (χ3n) is 3.22. The second kappa shape index (κ2) is 4.08. The Morgan fingerprint density at radius 1 is 1.47 bits per heavy atom. The predicted octanol–water partition coefficient (Wildman–Crippen LogP) is 1.31. The summed E-state index contributed by atoms with van der Waals surface area (Å²) in [5.41, 5.74) is 5.53. The van der Waals surface area contributed by atoms with Crippen LogP contribution in [-0.2, 0) is 4.79 Å². The van der Waals surface area contributed by atoms with Gasteiger partial charge in [-0.1, -0.05) is 12.2 Å².